The third-order valence-corrected chi connectivity index (χ3v) is 6.14. The molecule has 2 fully saturated rings. The fraction of sp³-hybridized carbons (Fsp3) is 0.652. The van der Waals surface area contributed by atoms with E-state index in [1.54, 1.807) is 38.4 Å². The first-order chi connectivity index (χ1) is 14.9. The van der Waals surface area contributed by atoms with Crippen molar-refractivity contribution in [2.24, 2.45) is 11.8 Å². The fourth-order valence-electron chi connectivity index (χ4n) is 4.24. The normalized spacial score (nSPS) is 19.8. The van der Waals surface area contributed by atoms with Gasteiger partial charge in [0.2, 0.25) is 17.6 Å². The van der Waals surface area contributed by atoms with Crippen molar-refractivity contribution in [3.05, 3.63) is 12.1 Å². The highest BCUT2D eigenvalue weighted by Gasteiger charge is 2.38. The molecule has 1 aromatic rings. The summed E-state index contributed by atoms with van der Waals surface area (Å²) >= 11 is 0. The van der Waals surface area contributed by atoms with E-state index in [0.29, 0.717) is 35.4 Å². The number of benzene rings is 1. The molecule has 1 aromatic carbocycles. The molecule has 0 N–H and O–H groups in total. The fourth-order valence-corrected chi connectivity index (χ4v) is 4.24. The molecule has 31 heavy (non-hydrogen) atoms. The van der Waals surface area contributed by atoms with Gasteiger partial charge in [-0.15, -0.1) is 0 Å². The van der Waals surface area contributed by atoms with Gasteiger partial charge in [-0.3, -0.25) is 14.5 Å². The number of methoxy groups -OCH3 is 3. The predicted molar refractivity (Wildman–Crippen MR) is 119 cm³/mol. The van der Waals surface area contributed by atoms with Crippen LogP contribution in [0.4, 0.5) is 5.69 Å². The lowest BCUT2D eigenvalue weighted by atomic mass is 10.1. The number of anilines is 1. The van der Waals surface area contributed by atoms with Gasteiger partial charge < -0.3 is 24.0 Å². The van der Waals surface area contributed by atoms with Crippen LogP contribution in [-0.2, 0) is 9.59 Å². The molecule has 2 aliphatic rings. The van der Waals surface area contributed by atoms with Crippen molar-refractivity contribution < 1.29 is 23.8 Å². The Hall–Kier alpha value is -2.48. The number of rotatable bonds is 8. The zero-order valence-corrected chi connectivity index (χ0v) is 19.3. The molecule has 0 saturated carbocycles. The van der Waals surface area contributed by atoms with Gasteiger partial charge in [-0.25, -0.2) is 0 Å². The van der Waals surface area contributed by atoms with Crippen LogP contribution >= 0.6 is 0 Å². The second-order valence-electron chi connectivity index (χ2n) is 8.64. The van der Waals surface area contributed by atoms with E-state index in [1.807, 2.05) is 4.90 Å². The van der Waals surface area contributed by atoms with Crippen LogP contribution in [0.25, 0.3) is 0 Å². The quantitative estimate of drug-likeness (QED) is 0.626. The Labute approximate surface area is 185 Å². The van der Waals surface area contributed by atoms with Crippen molar-refractivity contribution in [2.75, 3.05) is 65.5 Å². The number of hydrogen-bond donors (Lipinski definition) is 0. The zero-order valence-electron chi connectivity index (χ0n) is 19.3. The third-order valence-electron chi connectivity index (χ3n) is 6.14. The van der Waals surface area contributed by atoms with Gasteiger partial charge in [-0.1, -0.05) is 13.8 Å². The minimum Gasteiger partial charge on any atom is -0.493 e. The molecular weight excluding hydrogens is 398 g/mol. The lowest BCUT2D eigenvalue weighted by molar-refractivity contribution is -0.137. The Kier molecular flexibility index (Phi) is 7.64. The van der Waals surface area contributed by atoms with Gasteiger partial charge in [0.1, 0.15) is 0 Å². The van der Waals surface area contributed by atoms with Crippen LogP contribution < -0.4 is 19.1 Å². The topological polar surface area (TPSA) is 71.6 Å². The average Bonchev–Trinajstić information content (AvgIpc) is 3.17. The molecule has 2 aliphatic heterocycles. The van der Waals surface area contributed by atoms with E-state index in [9.17, 15) is 9.59 Å². The van der Waals surface area contributed by atoms with E-state index < -0.39 is 0 Å². The average molecular weight is 434 g/mol. The summed E-state index contributed by atoms with van der Waals surface area (Å²) in [5.74, 6) is 1.81. The maximum absolute atomic E-state index is 13.1. The molecule has 1 unspecified atom stereocenters. The van der Waals surface area contributed by atoms with Gasteiger partial charge in [0, 0.05) is 51.3 Å². The largest absolute Gasteiger partial charge is 0.493 e. The number of ether oxygens (including phenoxy) is 3. The number of piperazine rings is 1. The van der Waals surface area contributed by atoms with Crippen molar-refractivity contribution in [1.82, 2.24) is 9.80 Å². The Balaban J connectivity index is 1.65. The van der Waals surface area contributed by atoms with E-state index in [2.05, 4.69) is 18.7 Å². The van der Waals surface area contributed by atoms with Crippen LogP contribution in [0.15, 0.2) is 12.1 Å². The molecule has 172 valence electrons. The third kappa shape index (κ3) is 5.23. The predicted octanol–water partition coefficient (Wildman–Crippen LogP) is 2.26. The molecule has 2 saturated heterocycles. The molecule has 0 radical (unpaired) electrons. The van der Waals surface area contributed by atoms with E-state index in [4.69, 9.17) is 14.2 Å². The lowest BCUT2D eigenvalue weighted by Gasteiger charge is -2.36. The van der Waals surface area contributed by atoms with Gasteiger partial charge in [0.25, 0.3) is 0 Å². The van der Waals surface area contributed by atoms with E-state index in [0.717, 1.165) is 32.7 Å². The summed E-state index contributed by atoms with van der Waals surface area (Å²) in [6, 6.07) is 3.50. The number of amides is 2. The van der Waals surface area contributed by atoms with Gasteiger partial charge in [-0.05, 0) is 18.9 Å². The van der Waals surface area contributed by atoms with Crippen LogP contribution in [0.3, 0.4) is 0 Å². The number of carbonyl (C=O) groups is 2. The molecule has 3 rings (SSSR count). The van der Waals surface area contributed by atoms with Crippen LogP contribution in [0.2, 0.25) is 0 Å². The highest BCUT2D eigenvalue weighted by atomic mass is 16.5. The van der Waals surface area contributed by atoms with Crippen LogP contribution in [0.1, 0.15) is 26.7 Å². The summed E-state index contributed by atoms with van der Waals surface area (Å²) in [6.07, 6.45) is 1.40. The van der Waals surface area contributed by atoms with Crippen molar-refractivity contribution in [1.29, 1.82) is 0 Å². The molecule has 2 amide bonds. The van der Waals surface area contributed by atoms with E-state index >= 15 is 0 Å². The Morgan fingerprint density at radius 1 is 1.03 bits per heavy atom. The highest BCUT2D eigenvalue weighted by Crippen LogP contribution is 2.42. The summed E-state index contributed by atoms with van der Waals surface area (Å²) in [4.78, 5) is 31.8. The highest BCUT2D eigenvalue weighted by molar-refractivity contribution is 6.00. The standard InChI is InChI=1S/C23H35N3O5/c1-16(2)6-7-24-8-10-25(11-9-24)23(28)17-12-21(27)26(15-17)18-13-19(29-3)22(31-5)20(14-18)30-4/h13-14,16-17H,6-12,15H2,1-5H3. The minimum absolute atomic E-state index is 0.0665. The maximum atomic E-state index is 13.1. The molecule has 0 bridgehead atoms. The Morgan fingerprint density at radius 3 is 2.16 bits per heavy atom. The number of nitrogens with zero attached hydrogens (tertiary/aromatic N) is 3. The first-order valence-electron chi connectivity index (χ1n) is 11.0. The molecule has 0 aliphatic carbocycles. The molecule has 8 heteroatoms. The molecule has 0 aromatic heterocycles. The van der Waals surface area contributed by atoms with Crippen molar-refractivity contribution in [2.45, 2.75) is 26.7 Å². The van der Waals surface area contributed by atoms with Crippen LogP contribution in [0.5, 0.6) is 17.2 Å². The molecule has 2 heterocycles. The molecular formula is C23H35N3O5. The van der Waals surface area contributed by atoms with E-state index in [-0.39, 0.29) is 24.2 Å². The SMILES string of the molecule is COc1cc(N2CC(C(=O)N3CCN(CCC(C)C)CC3)CC2=O)cc(OC)c1OC. The van der Waals surface area contributed by atoms with Crippen LogP contribution in [-0.4, -0.2) is 82.2 Å². The van der Waals surface area contributed by atoms with E-state index in [1.165, 1.54) is 6.42 Å². The van der Waals surface area contributed by atoms with Gasteiger partial charge in [0.15, 0.2) is 11.5 Å². The zero-order chi connectivity index (χ0) is 22.5. The van der Waals surface area contributed by atoms with Gasteiger partial charge >= 0.3 is 0 Å². The van der Waals surface area contributed by atoms with Gasteiger partial charge in [-0.2, -0.15) is 0 Å². The van der Waals surface area contributed by atoms with Crippen molar-refractivity contribution in [3.63, 3.8) is 0 Å². The molecule has 8 nitrogen and oxygen atoms in total. The Bertz CT molecular complexity index is 764. The Morgan fingerprint density at radius 2 is 1.65 bits per heavy atom. The van der Waals surface area contributed by atoms with Crippen molar-refractivity contribution >= 4 is 17.5 Å². The minimum atomic E-state index is -0.325. The number of hydrogen-bond acceptors (Lipinski definition) is 6. The first kappa shape index (κ1) is 23.2. The first-order valence-corrected chi connectivity index (χ1v) is 11.0. The lowest BCUT2D eigenvalue weighted by Crippen LogP contribution is -2.50. The van der Waals surface area contributed by atoms with Gasteiger partial charge in [0.05, 0.1) is 32.9 Å². The number of carbonyl (C=O) groups excluding carboxylic acids is 2. The van der Waals surface area contributed by atoms with Crippen LogP contribution in [0, 0.1) is 11.8 Å². The maximum Gasteiger partial charge on any atom is 0.228 e. The monoisotopic (exact) mass is 433 g/mol. The smallest absolute Gasteiger partial charge is 0.228 e. The molecule has 0 spiro atoms. The second kappa shape index (κ2) is 10.2. The summed E-state index contributed by atoms with van der Waals surface area (Å²) in [5, 5.41) is 0. The van der Waals surface area contributed by atoms with Crippen molar-refractivity contribution in [3.8, 4) is 17.2 Å². The summed E-state index contributed by atoms with van der Waals surface area (Å²) in [7, 11) is 4.62. The second-order valence-corrected chi connectivity index (χ2v) is 8.64. The summed E-state index contributed by atoms with van der Waals surface area (Å²) in [5.41, 5.74) is 0.647. The summed E-state index contributed by atoms with van der Waals surface area (Å²) < 4.78 is 16.2. The summed E-state index contributed by atoms with van der Waals surface area (Å²) in [6.45, 7) is 9.16. The molecule has 1 atom stereocenters.